The lowest BCUT2D eigenvalue weighted by Gasteiger charge is -2.24. The van der Waals surface area contributed by atoms with Gasteiger partial charge in [-0.3, -0.25) is 4.79 Å². The van der Waals surface area contributed by atoms with Crippen molar-refractivity contribution >= 4 is 5.91 Å². The van der Waals surface area contributed by atoms with E-state index in [-0.39, 0.29) is 11.7 Å². The van der Waals surface area contributed by atoms with Crippen LogP contribution in [-0.2, 0) is 4.74 Å². The van der Waals surface area contributed by atoms with Gasteiger partial charge in [0.2, 0.25) is 5.76 Å². The summed E-state index contributed by atoms with van der Waals surface area (Å²) in [5.74, 6) is 0.494. The van der Waals surface area contributed by atoms with Crippen molar-refractivity contribution in [3.05, 3.63) is 17.3 Å². The van der Waals surface area contributed by atoms with Crippen molar-refractivity contribution in [1.29, 1.82) is 0 Å². The summed E-state index contributed by atoms with van der Waals surface area (Å²) in [7, 11) is 1.59. The maximum absolute atomic E-state index is 11.9. The zero-order valence-corrected chi connectivity index (χ0v) is 10.4. The number of hydrogen-bond donors (Lipinski definition) is 1. The molecule has 16 heavy (non-hydrogen) atoms. The second-order valence-electron chi connectivity index (χ2n) is 4.42. The fourth-order valence-electron chi connectivity index (χ4n) is 1.50. The molecule has 0 spiro atoms. The minimum absolute atomic E-state index is 0.264. The third-order valence-corrected chi connectivity index (χ3v) is 2.07. The molecule has 0 fully saturated rings. The van der Waals surface area contributed by atoms with Gasteiger partial charge in [-0.1, -0.05) is 0 Å². The second kappa shape index (κ2) is 4.65. The number of methoxy groups -OCH3 is 1. The number of carbonyl (C=O) groups is 1. The van der Waals surface area contributed by atoms with Crippen LogP contribution in [0.1, 0.15) is 36.0 Å². The molecule has 0 bridgehead atoms. The van der Waals surface area contributed by atoms with Crippen LogP contribution in [0.5, 0.6) is 0 Å². The largest absolute Gasteiger partial charge is 0.436 e. The average molecular weight is 226 g/mol. The standard InChI is InChI=1S/C11H18N2O3/c1-7-9(16-8(2)12-7)10(14)13-11(3,4)6-15-5/h6H2,1-5H3,(H,13,14). The minimum Gasteiger partial charge on any atom is -0.436 e. The number of hydrogen-bond acceptors (Lipinski definition) is 4. The molecule has 0 aliphatic rings. The molecule has 0 radical (unpaired) electrons. The summed E-state index contributed by atoms with van der Waals surface area (Å²) in [6, 6.07) is 0. The number of nitrogens with one attached hydrogen (secondary N) is 1. The van der Waals surface area contributed by atoms with Gasteiger partial charge in [0, 0.05) is 14.0 Å². The quantitative estimate of drug-likeness (QED) is 0.843. The molecule has 1 aromatic rings. The van der Waals surface area contributed by atoms with E-state index in [9.17, 15) is 4.79 Å². The van der Waals surface area contributed by atoms with Gasteiger partial charge in [0.1, 0.15) is 0 Å². The highest BCUT2D eigenvalue weighted by Crippen LogP contribution is 2.11. The number of oxazole rings is 1. The van der Waals surface area contributed by atoms with E-state index in [0.717, 1.165) is 0 Å². The van der Waals surface area contributed by atoms with Crippen LogP contribution < -0.4 is 5.32 Å². The van der Waals surface area contributed by atoms with Crippen molar-refractivity contribution < 1.29 is 13.9 Å². The zero-order chi connectivity index (χ0) is 12.3. The maximum Gasteiger partial charge on any atom is 0.289 e. The van der Waals surface area contributed by atoms with E-state index in [1.165, 1.54) is 0 Å². The van der Waals surface area contributed by atoms with Gasteiger partial charge in [-0.15, -0.1) is 0 Å². The zero-order valence-electron chi connectivity index (χ0n) is 10.4. The topological polar surface area (TPSA) is 64.4 Å². The fraction of sp³-hybridized carbons (Fsp3) is 0.636. The van der Waals surface area contributed by atoms with Gasteiger partial charge in [0.25, 0.3) is 5.91 Å². The van der Waals surface area contributed by atoms with Crippen molar-refractivity contribution in [3.8, 4) is 0 Å². The molecule has 90 valence electrons. The Labute approximate surface area is 95.2 Å². The van der Waals surface area contributed by atoms with Crippen molar-refractivity contribution in [2.75, 3.05) is 13.7 Å². The highest BCUT2D eigenvalue weighted by molar-refractivity contribution is 5.92. The molecule has 5 nitrogen and oxygen atoms in total. The van der Waals surface area contributed by atoms with Crippen LogP contribution in [0.4, 0.5) is 0 Å². The normalized spacial score (nSPS) is 11.6. The highest BCUT2D eigenvalue weighted by Gasteiger charge is 2.24. The van der Waals surface area contributed by atoms with E-state index < -0.39 is 5.54 Å². The molecule has 0 atom stereocenters. The van der Waals surface area contributed by atoms with E-state index >= 15 is 0 Å². The van der Waals surface area contributed by atoms with E-state index in [2.05, 4.69) is 10.3 Å². The summed E-state index contributed by atoms with van der Waals surface area (Å²) in [5, 5.41) is 2.83. The Hall–Kier alpha value is -1.36. The van der Waals surface area contributed by atoms with Crippen LogP contribution in [0.3, 0.4) is 0 Å². The first-order chi connectivity index (χ1) is 7.35. The van der Waals surface area contributed by atoms with E-state index in [1.807, 2.05) is 13.8 Å². The molecular weight excluding hydrogens is 208 g/mol. The smallest absolute Gasteiger partial charge is 0.289 e. The van der Waals surface area contributed by atoms with Gasteiger partial charge in [0.05, 0.1) is 17.8 Å². The summed E-state index contributed by atoms with van der Waals surface area (Å²) >= 11 is 0. The average Bonchev–Trinajstić information content (AvgIpc) is 2.44. The number of aromatic nitrogens is 1. The first-order valence-electron chi connectivity index (χ1n) is 5.11. The first kappa shape index (κ1) is 12.7. The first-order valence-corrected chi connectivity index (χ1v) is 5.11. The Morgan fingerprint density at radius 3 is 2.56 bits per heavy atom. The van der Waals surface area contributed by atoms with Crippen LogP contribution in [0.15, 0.2) is 4.42 Å². The van der Waals surface area contributed by atoms with E-state index in [0.29, 0.717) is 18.2 Å². The lowest BCUT2D eigenvalue weighted by Crippen LogP contribution is -2.46. The number of rotatable bonds is 4. The third-order valence-electron chi connectivity index (χ3n) is 2.07. The van der Waals surface area contributed by atoms with Crippen LogP contribution in [0, 0.1) is 13.8 Å². The predicted molar refractivity (Wildman–Crippen MR) is 59.4 cm³/mol. The Kier molecular flexibility index (Phi) is 3.70. The van der Waals surface area contributed by atoms with Crippen molar-refractivity contribution in [1.82, 2.24) is 10.3 Å². The monoisotopic (exact) mass is 226 g/mol. The molecule has 1 rings (SSSR count). The van der Waals surface area contributed by atoms with Gasteiger partial charge < -0.3 is 14.5 Å². The Balaban J connectivity index is 2.76. The van der Waals surface area contributed by atoms with Crippen molar-refractivity contribution in [2.24, 2.45) is 0 Å². The third kappa shape index (κ3) is 3.06. The highest BCUT2D eigenvalue weighted by atomic mass is 16.5. The molecule has 1 aromatic heterocycles. The number of ether oxygens (including phenoxy) is 1. The van der Waals surface area contributed by atoms with E-state index in [4.69, 9.17) is 9.15 Å². The summed E-state index contributed by atoms with van der Waals surface area (Å²) < 4.78 is 10.3. The summed E-state index contributed by atoms with van der Waals surface area (Å²) in [6.45, 7) is 7.66. The molecule has 0 unspecified atom stereocenters. The van der Waals surface area contributed by atoms with Crippen molar-refractivity contribution in [3.63, 3.8) is 0 Å². The van der Waals surface area contributed by atoms with Gasteiger partial charge in [0.15, 0.2) is 5.89 Å². The molecule has 0 saturated heterocycles. The number of amides is 1. The fourth-order valence-corrected chi connectivity index (χ4v) is 1.50. The van der Waals surface area contributed by atoms with Gasteiger partial charge in [-0.2, -0.15) is 0 Å². The molecular formula is C11H18N2O3. The van der Waals surface area contributed by atoms with Gasteiger partial charge in [-0.05, 0) is 20.8 Å². The van der Waals surface area contributed by atoms with Crippen molar-refractivity contribution in [2.45, 2.75) is 33.2 Å². The van der Waals surface area contributed by atoms with Crippen LogP contribution in [0.2, 0.25) is 0 Å². The van der Waals surface area contributed by atoms with Crippen LogP contribution in [-0.4, -0.2) is 30.1 Å². The molecule has 0 saturated carbocycles. The lowest BCUT2D eigenvalue weighted by molar-refractivity contribution is 0.0792. The van der Waals surface area contributed by atoms with Crippen LogP contribution >= 0.6 is 0 Å². The van der Waals surface area contributed by atoms with Gasteiger partial charge >= 0.3 is 0 Å². The molecule has 1 amide bonds. The second-order valence-corrected chi connectivity index (χ2v) is 4.42. The molecule has 0 aliphatic heterocycles. The van der Waals surface area contributed by atoms with Gasteiger partial charge in [-0.25, -0.2) is 4.98 Å². The number of aryl methyl sites for hydroxylation is 2. The molecule has 0 aromatic carbocycles. The Bertz CT molecular complexity index is 383. The summed E-state index contributed by atoms with van der Waals surface area (Å²) in [5.41, 5.74) is 0.169. The number of nitrogens with zero attached hydrogens (tertiary/aromatic N) is 1. The predicted octanol–water partition coefficient (Wildman–Crippen LogP) is 1.45. The molecule has 5 heteroatoms. The number of carbonyl (C=O) groups excluding carboxylic acids is 1. The molecule has 0 aliphatic carbocycles. The minimum atomic E-state index is -0.432. The lowest BCUT2D eigenvalue weighted by atomic mass is 10.1. The molecule has 1 heterocycles. The Morgan fingerprint density at radius 1 is 1.50 bits per heavy atom. The molecule has 1 N–H and O–H groups in total. The SMILES string of the molecule is COCC(C)(C)NC(=O)c1oc(C)nc1C. The van der Waals surface area contributed by atoms with E-state index in [1.54, 1.807) is 21.0 Å². The Morgan fingerprint density at radius 2 is 2.12 bits per heavy atom. The van der Waals surface area contributed by atoms with Crippen LogP contribution in [0.25, 0.3) is 0 Å². The maximum atomic E-state index is 11.9. The summed E-state index contributed by atoms with van der Waals surface area (Å²) in [4.78, 5) is 15.9. The summed E-state index contributed by atoms with van der Waals surface area (Å²) in [6.07, 6.45) is 0.